The van der Waals surface area contributed by atoms with Crippen molar-refractivity contribution in [2.45, 2.75) is 18.9 Å². The second-order valence-corrected chi connectivity index (χ2v) is 4.05. The van der Waals surface area contributed by atoms with Gasteiger partial charge in [-0.05, 0) is 25.0 Å². The number of rotatable bonds is 4. The van der Waals surface area contributed by atoms with Gasteiger partial charge in [0.05, 0.1) is 0 Å². The van der Waals surface area contributed by atoms with Crippen molar-refractivity contribution in [2.75, 3.05) is 6.61 Å². The molecular weight excluding hydrogens is 249 g/mol. The van der Waals surface area contributed by atoms with Crippen LogP contribution in [0.4, 0.5) is 4.39 Å². The van der Waals surface area contributed by atoms with Crippen molar-refractivity contribution in [3.63, 3.8) is 0 Å². The van der Waals surface area contributed by atoms with E-state index in [1.54, 1.807) is 12.1 Å². The Morgan fingerprint density at radius 3 is 2.79 bits per heavy atom. The monoisotopic (exact) mass is 261 g/mol. The highest BCUT2D eigenvalue weighted by molar-refractivity contribution is 9.10. The Bertz CT molecular complexity index is 306. The highest BCUT2D eigenvalue weighted by Gasteiger charge is 2.10. The summed E-state index contributed by atoms with van der Waals surface area (Å²) in [4.78, 5) is 0. The minimum atomic E-state index is -0.338. The van der Waals surface area contributed by atoms with E-state index in [0.717, 1.165) is 0 Å². The highest BCUT2D eigenvalue weighted by atomic mass is 79.9. The molecule has 1 aromatic rings. The van der Waals surface area contributed by atoms with Crippen LogP contribution in [0.2, 0.25) is 0 Å². The summed E-state index contributed by atoms with van der Waals surface area (Å²) in [6.45, 7) is 0.0891. The molecule has 78 valence electrons. The largest absolute Gasteiger partial charge is 0.396 e. The molecule has 1 aromatic carbocycles. The summed E-state index contributed by atoms with van der Waals surface area (Å²) in [6.07, 6.45) is 1.19. The summed E-state index contributed by atoms with van der Waals surface area (Å²) in [6, 6.07) is 4.49. The zero-order valence-electron chi connectivity index (χ0n) is 7.71. The molecule has 0 amide bonds. The summed E-state index contributed by atoms with van der Waals surface area (Å²) in [5, 5.41) is 8.62. The smallest absolute Gasteiger partial charge is 0.129 e. The van der Waals surface area contributed by atoms with Crippen LogP contribution in [0.5, 0.6) is 0 Å². The van der Waals surface area contributed by atoms with E-state index in [-0.39, 0.29) is 18.5 Å². The Hall–Kier alpha value is -0.450. The molecule has 0 unspecified atom stereocenters. The maximum atomic E-state index is 13.4. The van der Waals surface area contributed by atoms with Gasteiger partial charge in [0.1, 0.15) is 5.82 Å². The number of aliphatic hydroxyl groups is 1. The van der Waals surface area contributed by atoms with Gasteiger partial charge in [0, 0.05) is 22.7 Å². The Morgan fingerprint density at radius 2 is 2.21 bits per heavy atom. The van der Waals surface area contributed by atoms with Gasteiger partial charge in [-0.25, -0.2) is 4.39 Å². The van der Waals surface area contributed by atoms with Gasteiger partial charge >= 0.3 is 0 Å². The third-order valence-electron chi connectivity index (χ3n) is 2.04. The third-order valence-corrected chi connectivity index (χ3v) is 2.53. The van der Waals surface area contributed by atoms with Gasteiger partial charge in [0.25, 0.3) is 0 Å². The van der Waals surface area contributed by atoms with Crippen molar-refractivity contribution in [3.05, 3.63) is 34.1 Å². The lowest BCUT2D eigenvalue weighted by molar-refractivity contribution is 0.279. The molecule has 3 N–H and O–H groups in total. The lowest BCUT2D eigenvalue weighted by Crippen LogP contribution is -2.12. The fraction of sp³-hybridized carbons (Fsp3) is 0.400. The molecule has 0 aliphatic heterocycles. The minimum Gasteiger partial charge on any atom is -0.396 e. The topological polar surface area (TPSA) is 46.2 Å². The first-order valence-corrected chi connectivity index (χ1v) is 5.26. The first-order chi connectivity index (χ1) is 6.65. The Labute approximate surface area is 91.1 Å². The zero-order chi connectivity index (χ0) is 10.6. The van der Waals surface area contributed by atoms with E-state index in [9.17, 15) is 4.39 Å². The van der Waals surface area contributed by atoms with Crippen molar-refractivity contribution in [1.82, 2.24) is 0 Å². The maximum absolute atomic E-state index is 13.4. The Morgan fingerprint density at radius 1 is 1.50 bits per heavy atom. The fourth-order valence-electron chi connectivity index (χ4n) is 1.27. The van der Waals surface area contributed by atoms with Gasteiger partial charge < -0.3 is 10.8 Å². The van der Waals surface area contributed by atoms with Crippen molar-refractivity contribution in [3.8, 4) is 0 Å². The molecule has 2 nitrogen and oxygen atoms in total. The molecule has 0 radical (unpaired) electrons. The van der Waals surface area contributed by atoms with Gasteiger partial charge in [-0.15, -0.1) is 0 Å². The van der Waals surface area contributed by atoms with Crippen molar-refractivity contribution in [1.29, 1.82) is 0 Å². The number of aliphatic hydroxyl groups excluding tert-OH is 1. The summed E-state index contributed by atoms with van der Waals surface area (Å²) < 4.78 is 14.1. The van der Waals surface area contributed by atoms with Gasteiger partial charge in [0.2, 0.25) is 0 Å². The summed E-state index contributed by atoms with van der Waals surface area (Å²) in [5.41, 5.74) is 6.27. The molecular formula is C10H13BrFNO. The maximum Gasteiger partial charge on any atom is 0.129 e. The summed E-state index contributed by atoms with van der Waals surface area (Å²) in [7, 11) is 0. The van der Waals surface area contributed by atoms with Crippen LogP contribution < -0.4 is 5.73 Å². The van der Waals surface area contributed by atoms with Crippen LogP contribution in [0.1, 0.15) is 24.4 Å². The van der Waals surface area contributed by atoms with Gasteiger partial charge in [-0.1, -0.05) is 22.0 Å². The Kier molecular flexibility index (Phi) is 4.51. The number of nitrogens with two attached hydrogens (primary N) is 1. The molecule has 0 aliphatic carbocycles. The van der Waals surface area contributed by atoms with E-state index in [4.69, 9.17) is 10.8 Å². The van der Waals surface area contributed by atoms with E-state index >= 15 is 0 Å². The quantitative estimate of drug-likeness (QED) is 0.874. The molecule has 1 atom stereocenters. The minimum absolute atomic E-state index is 0.0891. The molecule has 0 bridgehead atoms. The van der Waals surface area contributed by atoms with Crippen LogP contribution in [0, 0.1) is 5.82 Å². The average Bonchev–Trinajstić information content (AvgIpc) is 2.14. The van der Waals surface area contributed by atoms with E-state index in [0.29, 0.717) is 22.9 Å². The number of hydrogen-bond acceptors (Lipinski definition) is 2. The molecule has 4 heteroatoms. The third kappa shape index (κ3) is 3.04. The number of benzene rings is 1. The first kappa shape index (κ1) is 11.6. The van der Waals surface area contributed by atoms with Gasteiger partial charge in [-0.3, -0.25) is 0 Å². The van der Waals surface area contributed by atoms with Crippen LogP contribution in [-0.4, -0.2) is 11.7 Å². The van der Waals surface area contributed by atoms with E-state index in [2.05, 4.69) is 15.9 Å². The normalized spacial score (nSPS) is 12.9. The zero-order valence-corrected chi connectivity index (χ0v) is 9.30. The van der Waals surface area contributed by atoms with Crippen LogP contribution >= 0.6 is 15.9 Å². The summed E-state index contributed by atoms with van der Waals surface area (Å²) in [5.74, 6) is -0.301. The van der Waals surface area contributed by atoms with Gasteiger partial charge in [-0.2, -0.15) is 0 Å². The van der Waals surface area contributed by atoms with Crippen molar-refractivity contribution in [2.24, 2.45) is 5.73 Å². The first-order valence-electron chi connectivity index (χ1n) is 4.46. The van der Waals surface area contributed by atoms with Crippen molar-refractivity contribution >= 4 is 15.9 Å². The predicted molar refractivity (Wildman–Crippen MR) is 57.3 cm³/mol. The lowest BCUT2D eigenvalue weighted by atomic mass is 10.0. The second-order valence-electron chi connectivity index (χ2n) is 3.14. The SMILES string of the molecule is N[C@@H](CCCO)c1ccc(Br)cc1F. The van der Waals surface area contributed by atoms with Crippen LogP contribution in [0.15, 0.2) is 22.7 Å². The molecule has 0 aliphatic rings. The molecule has 0 saturated heterocycles. The van der Waals surface area contributed by atoms with E-state index < -0.39 is 0 Å². The molecule has 0 heterocycles. The molecule has 0 saturated carbocycles. The standard InChI is InChI=1S/C10H13BrFNO/c11-7-3-4-8(9(12)6-7)10(13)2-1-5-14/h3-4,6,10,14H,1-2,5,13H2/t10-/m0/s1. The second kappa shape index (κ2) is 5.44. The molecule has 14 heavy (non-hydrogen) atoms. The number of halogens is 2. The molecule has 0 spiro atoms. The molecule has 1 rings (SSSR count). The van der Waals surface area contributed by atoms with Gasteiger partial charge in [0.15, 0.2) is 0 Å². The number of hydrogen-bond donors (Lipinski definition) is 2. The Balaban J connectivity index is 2.74. The molecule has 0 aromatic heterocycles. The average molecular weight is 262 g/mol. The fourth-order valence-corrected chi connectivity index (χ4v) is 1.60. The van der Waals surface area contributed by atoms with Crippen molar-refractivity contribution < 1.29 is 9.50 Å². The van der Waals surface area contributed by atoms with Crippen LogP contribution in [0.25, 0.3) is 0 Å². The lowest BCUT2D eigenvalue weighted by Gasteiger charge is -2.12. The highest BCUT2D eigenvalue weighted by Crippen LogP contribution is 2.22. The van der Waals surface area contributed by atoms with E-state index in [1.807, 2.05) is 0 Å². The van der Waals surface area contributed by atoms with E-state index in [1.165, 1.54) is 6.07 Å². The van der Waals surface area contributed by atoms with Crippen LogP contribution in [0.3, 0.4) is 0 Å². The summed E-state index contributed by atoms with van der Waals surface area (Å²) >= 11 is 3.18. The predicted octanol–water partition coefficient (Wildman–Crippen LogP) is 2.36. The molecule has 0 fully saturated rings. The van der Waals surface area contributed by atoms with Crippen LogP contribution in [-0.2, 0) is 0 Å².